The summed E-state index contributed by atoms with van der Waals surface area (Å²) in [7, 11) is 0. The minimum absolute atomic E-state index is 0.0593. The maximum absolute atomic E-state index is 13.0. The van der Waals surface area contributed by atoms with E-state index in [-0.39, 0.29) is 17.9 Å². The topological polar surface area (TPSA) is 61.4 Å². The smallest absolute Gasteiger partial charge is 0.228 e. The number of fused-ring (bicyclic) bond motifs is 1. The van der Waals surface area contributed by atoms with Crippen LogP contribution in [0.25, 0.3) is 0 Å². The summed E-state index contributed by atoms with van der Waals surface area (Å²) in [6.45, 7) is 4.57. The number of rotatable bonds is 6. The van der Waals surface area contributed by atoms with E-state index < -0.39 is 0 Å². The Bertz CT molecular complexity index is 891. The van der Waals surface area contributed by atoms with E-state index in [9.17, 15) is 9.59 Å². The van der Waals surface area contributed by atoms with Gasteiger partial charge in [0, 0.05) is 31.7 Å². The van der Waals surface area contributed by atoms with Crippen molar-refractivity contribution in [3.63, 3.8) is 0 Å². The van der Waals surface area contributed by atoms with Crippen LogP contribution < -0.4 is 10.6 Å². The zero-order valence-corrected chi connectivity index (χ0v) is 17.0. The van der Waals surface area contributed by atoms with Crippen LogP contribution in [0.5, 0.6) is 0 Å². The SMILES string of the molecule is CCc1ccc(C2CNCCN2C(=O)CCCc2ccc3c(c2)CC(=O)N3)cc1. The molecule has 1 fully saturated rings. The lowest BCUT2D eigenvalue weighted by molar-refractivity contribution is -0.134. The maximum Gasteiger partial charge on any atom is 0.228 e. The molecule has 0 aromatic heterocycles. The molecule has 2 heterocycles. The van der Waals surface area contributed by atoms with Gasteiger partial charge in [0.2, 0.25) is 11.8 Å². The molecule has 0 radical (unpaired) electrons. The van der Waals surface area contributed by atoms with Gasteiger partial charge in [0.15, 0.2) is 0 Å². The predicted molar refractivity (Wildman–Crippen MR) is 115 cm³/mol. The minimum Gasteiger partial charge on any atom is -0.333 e. The molecular formula is C24H29N3O2. The molecule has 1 saturated heterocycles. The Balaban J connectivity index is 1.35. The third kappa shape index (κ3) is 4.51. The van der Waals surface area contributed by atoms with E-state index in [1.165, 1.54) is 16.7 Å². The average molecular weight is 392 g/mol. The first kappa shape index (κ1) is 19.6. The lowest BCUT2D eigenvalue weighted by atomic mass is 9.99. The highest BCUT2D eigenvalue weighted by atomic mass is 16.2. The third-order valence-corrected chi connectivity index (χ3v) is 5.99. The number of aryl methyl sites for hydroxylation is 2. The molecule has 0 aliphatic carbocycles. The molecule has 2 amide bonds. The summed E-state index contributed by atoms with van der Waals surface area (Å²) in [5.41, 5.74) is 5.71. The molecule has 2 aliphatic rings. The molecule has 1 atom stereocenters. The molecule has 29 heavy (non-hydrogen) atoms. The molecule has 2 aliphatic heterocycles. The van der Waals surface area contributed by atoms with E-state index in [0.29, 0.717) is 12.8 Å². The fraction of sp³-hybridized carbons (Fsp3) is 0.417. The normalized spacial score (nSPS) is 18.4. The molecular weight excluding hydrogens is 362 g/mol. The fourth-order valence-electron chi connectivity index (χ4n) is 4.30. The average Bonchev–Trinajstić information content (AvgIpc) is 3.13. The Morgan fingerprint density at radius 2 is 1.93 bits per heavy atom. The molecule has 0 spiro atoms. The van der Waals surface area contributed by atoms with Gasteiger partial charge in [-0.1, -0.05) is 43.3 Å². The van der Waals surface area contributed by atoms with E-state index in [1.807, 2.05) is 11.0 Å². The fourth-order valence-corrected chi connectivity index (χ4v) is 4.30. The summed E-state index contributed by atoms with van der Waals surface area (Å²) in [5, 5.41) is 6.29. The number of benzene rings is 2. The van der Waals surface area contributed by atoms with Gasteiger partial charge < -0.3 is 15.5 Å². The van der Waals surface area contributed by atoms with Crippen LogP contribution >= 0.6 is 0 Å². The standard InChI is InChI=1S/C24H29N3O2/c1-2-17-6-9-19(10-7-17)22-16-25-12-13-27(22)24(29)5-3-4-18-8-11-21-20(14-18)15-23(28)26-21/h6-11,14,22,25H,2-5,12-13,15-16H2,1H3,(H,26,28). The first-order valence-corrected chi connectivity index (χ1v) is 10.6. The number of carbonyl (C=O) groups excluding carboxylic acids is 2. The Labute approximate surface area is 172 Å². The second kappa shape index (κ2) is 8.78. The molecule has 5 heteroatoms. The molecule has 152 valence electrons. The predicted octanol–water partition coefficient (Wildman–Crippen LogP) is 3.24. The number of nitrogens with zero attached hydrogens (tertiary/aromatic N) is 1. The van der Waals surface area contributed by atoms with Crippen molar-refractivity contribution in [2.24, 2.45) is 0 Å². The van der Waals surface area contributed by atoms with Crippen molar-refractivity contribution >= 4 is 17.5 Å². The quantitative estimate of drug-likeness (QED) is 0.795. The number of anilines is 1. The number of hydrogen-bond acceptors (Lipinski definition) is 3. The molecule has 0 bridgehead atoms. The van der Waals surface area contributed by atoms with Crippen molar-refractivity contribution in [3.8, 4) is 0 Å². The summed E-state index contributed by atoms with van der Waals surface area (Å²) < 4.78 is 0. The highest BCUT2D eigenvalue weighted by Crippen LogP contribution is 2.26. The summed E-state index contributed by atoms with van der Waals surface area (Å²) in [6, 6.07) is 14.9. The second-order valence-corrected chi connectivity index (χ2v) is 7.97. The van der Waals surface area contributed by atoms with E-state index >= 15 is 0 Å². The zero-order chi connectivity index (χ0) is 20.2. The van der Waals surface area contributed by atoms with Crippen molar-refractivity contribution in [2.75, 3.05) is 25.0 Å². The van der Waals surface area contributed by atoms with Crippen LogP contribution in [0.2, 0.25) is 0 Å². The van der Waals surface area contributed by atoms with Gasteiger partial charge in [-0.2, -0.15) is 0 Å². The van der Waals surface area contributed by atoms with Gasteiger partial charge in [-0.25, -0.2) is 0 Å². The summed E-state index contributed by atoms with van der Waals surface area (Å²) in [4.78, 5) is 26.5. The number of carbonyl (C=O) groups is 2. The van der Waals surface area contributed by atoms with Gasteiger partial charge in [-0.05, 0) is 47.6 Å². The number of piperazine rings is 1. The van der Waals surface area contributed by atoms with Gasteiger partial charge in [-0.15, -0.1) is 0 Å². The molecule has 1 unspecified atom stereocenters. The molecule has 0 saturated carbocycles. The van der Waals surface area contributed by atoms with Crippen LogP contribution in [-0.2, 0) is 28.9 Å². The van der Waals surface area contributed by atoms with Crippen molar-refractivity contribution in [1.82, 2.24) is 10.2 Å². The lowest BCUT2D eigenvalue weighted by Gasteiger charge is -2.36. The molecule has 2 aromatic rings. The Morgan fingerprint density at radius 3 is 2.72 bits per heavy atom. The molecule has 2 N–H and O–H groups in total. The van der Waals surface area contributed by atoms with Crippen LogP contribution in [0.3, 0.4) is 0 Å². The maximum atomic E-state index is 13.0. The van der Waals surface area contributed by atoms with Crippen molar-refractivity contribution in [3.05, 3.63) is 64.7 Å². The van der Waals surface area contributed by atoms with E-state index in [1.54, 1.807) is 0 Å². The second-order valence-electron chi connectivity index (χ2n) is 7.97. The van der Waals surface area contributed by atoms with E-state index in [2.05, 4.69) is 54.0 Å². The lowest BCUT2D eigenvalue weighted by Crippen LogP contribution is -2.48. The third-order valence-electron chi connectivity index (χ3n) is 5.99. The summed E-state index contributed by atoms with van der Waals surface area (Å²) in [6.07, 6.45) is 3.72. The van der Waals surface area contributed by atoms with Crippen LogP contribution in [-0.4, -0.2) is 36.3 Å². The zero-order valence-electron chi connectivity index (χ0n) is 17.0. The van der Waals surface area contributed by atoms with Gasteiger partial charge >= 0.3 is 0 Å². The van der Waals surface area contributed by atoms with Gasteiger partial charge in [0.25, 0.3) is 0 Å². The van der Waals surface area contributed by atoms with E-state index in [0.717, 1.165) is 50.1 Å². The Kier molecular flexibility index (Phi) is 5.95. The molecule has 2 aromatic carbocycles. The van der Waals surface area contributed by atoms with Crippen LogP contribution in [0.15, 0.2) is 42.5 Å². The number of hydrogen-bond donors (Lipinski definition) is 2. The summed E-state index contributed by atoms with van der Waals surface area (Å²) in [5.74, 6) is 0.290. The largest absolute Gasteiger partial charge is 0.333 e. The minimum atomic E-state index is 0.0593. The van der Waals surface area contributed by atoms with Crippen LogP contribution in [0, 0.1) is 0 Å². The van der Waals surface area contributed by atoms with Gasteiger partial charge in [-0.3, -0.25) is 9.59 Å². The monoisotopic (exact) mass is 391 g/mol. The van der Waals surface area contributed by atoms with Crippen LogP contribution in [0.4, 0.5) is 5.69 Å². The van der Waals surface area contributed by atoms with Crippen LogP contribution in [0.1, 0.15) is 48.1 Å². The molecule has 5 nitrogen and oxygen atoms in total. The van der Waals surface area contributed by atoms with E-state index in [4.69, 9.17) is 0 Å². The first-order chi connectivity index (χ1) is 14.1. The summed E-state index contributed by atoms with van der Waals surface area (Å²) >= 11 is 0. The molecule has 4 rings (SSSR count). The Hall–Kier alpha value is -2.66. The number of nitrogens with one attached hydrogen (secondary N) is 2. The van der Waals surface area contributed by atoms with Crippen molar-refractivity contribution in [2.45, 2.75) is 45.1 Å². The Morgan fingerprint density at radius 1 is 1.14 bits per heavy atom. The highest BCUT2D eigenvalue weighted by molar-refractivity contribution is 5.99. The first-order valence-electron chi connectivity index (χ1n) is 10.6. The number of amides is 2. The van der Waals surface area contributed by atoms with Crippen molar-refractivity contribution < 1.29 is 9.59 Å². The van der Waals surface area contributed by atoms with Gasteiger partial charge in [0.05, 0.1) is 12.5 Å². The van der Waals surface area contributed by atoms with Crippen molar-refractivity contribution in [1.29, 1.82) is 0 Å². The highest BCUT2D eigenvalue weighted by Gasteiger charge is 2.27. The van der Waals surface area contributed by atoms with Gasteiger partial charge in [0.1, 0.15) is 0 Å².